The smallest absolute Gasteiger partial charge is 0.122 e. The molecule has 1 unspecified atom stereocenters. The third-order valence-corrected chi connectivity index (χ3v) is 3.81. The Morgan fingerprint density at radius 1 is 1.47 bits per heavy atom. The maximum absolute atomic E-state index is 4.39. The Kier molecular flexibility index (Phi) is 3.91. The van der Waals surface area contributed by atoms with Crippen molar-refractivity contribution in [2.24, 2.45) is 0 Å². The molecule has 0 saturated carbocycles. The summed E-state index contributed by atoms with van der Waals surface area (Å²) in [7, 11) is 0. The number of imidazole rings is 1. The van der Waals surface area contributed by atoms with E-state index in [0.29, 0.717) is 0 Å². The van der Waals surface area contributed by atoms with Crippen LogP contribution in [0.4, 0.5) is 0 Å². The number of aromatic nitrogens is 3. The summed E-state index contributed by atoms with van der Waals surface area (Å²) in [4.78, 5) is 9.98. The monoisotopic (exact) mass is 250 g/mol. The predicted molar refractivity (Wildman–Crippen MR) is 70.0 cm³/mol. The molecule has 0 fully saturated rings. The molecule has 2 aromatic rings. The van der Waals surface area contributed by atoms with Crippen LogP contribution in [-0.4, -0.2) is 14.5 Å². The Bertz CT molecular complexity index is 474. The minimum absolute atomic E-state index is 0.274. The summed E-state index contributed by atoms with van der Waals surface area (Å²) in [5.74, 6) is 1.08. The van der Waals surface area contributed by atoms with Crippen LogP contribution in [0.2, 0.25) is 0 Å². The fraction of sp³-hybridized carbons (Fsp3) is 0.500. The minimum atomic E-state index is 0.274. The van der Waals surface area contributed by atoms with Crippen molar-refractivity contribution >= 4 is 11.3 Å². The molecule has 2 rings (SSSR count). The lowest BCUT2D eigenvalue weighted by molar-refractivity contribution is 0.538. The zero-order valence-corrected chi connectivity index (χ0v) is 11.3. The fourth-order valence-electron chi connectivity index (χ4n) is 1.70. The van der Waals surface area contributed by atoms with E-state index in [9.17, 15) is 0 Å². The third-order valence-electron chi connectivity index (χ3n) is 2.72. The first-order valence-corrected chi connectivity index (χ1v) is 6.68. The number of nitrogens with one attached hydrogen (secondary N) is 1. The van der Waals surface area contributed by atoms with Crippen molar-refractivity contribution in [3.8, 4) is 0 Å². The average molecular weight is 250 g/mol. The highest BCUT2D eigenvalue weighted by Gasteiger charge is 2.10. The molecule has 0 spiro atoms. The van der Waals surface area contributed by atoms with Gasteiger partial charge in [0.05, 0.1) is 12.6 Å². The van der Waals surface area contributed by atoms with Gasteiger partial charge < -0.3 is 9.88 Å². The third kappa shape index (κ3) is 2.92. The van der Waals surface area contributed by atoms with Gasteiger partial charge in [0.15, 0.2) is 0 Å². The molecule has 0 aliphatic rings. The predicted octanol–water partition coefficient (Wildman–Crippen LogP) is 2.52. The summed E-state index contributed by atoms with van der Waals surface area (Å²) in [5.41, 5.74) is 0. The SMILES string of the molecule is CCn1ccnc1CNC(C)c1ncc(C)s1. The van der Waals surface area contributed by atoms with Gasteiger partial charge in [0.2, 0.25) is 0 Å². The van der Waals surface area contributed by atoms with E-state index in [1.54, 1.807) is 11.3 Å². The van der Waals surface area contributed by atoms with E-state index in [1.807, 2.05) is 18.6 Å². The first-order chi connectivity index (χ1) is 8.20. The maximum atomic E-state index is 4.39. The molecule has 0 amide bonds. The number of aryl methyl sites for hydroxylation is 2. The molecule has 0 saturated heterocycles. The number of hydrogen-bond donors (Lipinski definition) is 1. The van der Waals surface area contributed by atoms with Gasteiger partial charge >= 0.3 is 0 Å². The molecule has 0 aromatic carbocycles. The van der Waals surface area contributed by atoms with Gasteiger partial charge in [-0.25, -0.2) is 9.97 Å². The Balaban J connectivity index is 1.94. The second kappa shape index (κ2) is 5.42. The molecule has 4 nitrogen and oxygen atoms in total. The van der Waals surface area contributed by atoms with Crippen LogP contribution >= 0.6 is 11.3 Å². The van der Waals surface area contributed by atoms with Crippen LogP contribution in [0.15, 0.2) is 18.6 Å². The van der Waals surface area contributed by atoms with Crippen molar-refractivity contribution in [2.75, 3.05) is 0 Å². The van der Waals surface area contributed by atoms with E-state index in [4.69, 9.17) is 0 Å². The van der Waals surface area contributed by atoms with Crippen LogP contribution < -0.4 is 5.32 Å². The van der Waals surface area contributed by atoms with Crippen LogP contribution in [0, 0.1) is 6.92 Å². The minimum Gasteiger partial charge on any atom is -0.334 e. The quantitative estimate of drug-likeness (QED) is 0.886. The zero-order valence-electron chi connectivity index (χ0n) is 10.5. The van der Waals surface area contributed by atoms with E-state index in [2.05, 4.69) is 40.6 Å². The first kappa shape index (κ1) is 12.3. The van der Waals surface area contributed by atoms with Gasteiger partial charge in [-0.2, -0.15) is 0 Å². The highest BCUT2D eigenvalue weighted by atomic mass is 32.1. The summed E-state index contributed by atoms with van der Waals surface area (Å²) in [5, 5.41) is 4.59. The lowest BCUT2D eigenvalue weighted by atomic mass is 10.3. The summed E-state index contributed by atoms with van der Waals surface area (Å²) in [6.07, 6.45) is 5.78. The van der Waals surface area contributed by atoms with Crippen molar-refractivity contribution in [3.05, 3.63) is 34.3 Å². The Hall–Kier alpha value is -1.20. The van der Waals surface area contributed by atoms with Crippen LogP contribution in [0.1, 0.15) is 35.6 Å². The van der Waals surface area contributed by atoms with Gasteiger partial charge in [0, 0.05) is 30.0 Å². The van der Waals surface area contributed by atoms with Gasteiger partial charge in [-0.3, -0.25) is 0 Å². The highest BCUT2D eigenvalue weighted by Crippen LogP contribution is 2.19. The molecular formula is C12H18N4S. The van der Waals surface area contributed by atoms with Crippen LogP contribution in [0.5, 0.6) is 0 Å². The normalized spacial score (nSPS) is 12.9. The second-order valence-corrected chi connectivity index (χ2v) is 5.31. The van der Waals surface area contributed by atoms with E-state index < -0.39 is 0 Å². The molecule has 1 N–H and O–H groups in total. The van der Waals surface area contributed by atoms with E-state index in [1.165, 1.54) is 4.88 Å². The van der Waals surface area contributed by atoms with Gasteiger partial charge in [-0.05, 0) is 20.8 Å². The molecular weight excluding hydrogens is 232 g/mol. The average Bonchev–Trinajstić information content (AvgIpc) is 2.94. The molecule has 92 valence electrons. The second-order valence-electron chi connectivity index (χ2n) is 4.04. The number of hydrogen-bond acceptors (Lipinski definition) is 4. The van der Waals surface area contributed by atoms with Crippen molar-refractivity contribution in [1.29, 1.82) is 0 Å². The number of thiazole rings is 1. The van der Waals surface area contributed by atoms with Gasteiger partial charge in [-0.15, -0.1) is 11.3 Å². The number of rotatable bonds is 5. The van der Waals surface area contributed by atoms with Crippen molar-refractivity contribution in [2.45, 2.75) is 39.9 Å². The molecule has 0 bridgehead atoms. The molecule has 2 aromatic heterocycles. The van der Waals surface area contributed by atoms with Crippen molar-refractivity contribution in [3.63, 3.8) is 0 Å². The number of nitrogens with zero attached hydrogens (tertiary/aromatic N) is 3. The fourth-order valence-corrected chi connectivity index (χ4v) is 2.50. The van der Waals surface area contributed by atoms with Gasteiger partial charge in [0.1, 0.15) is 10.8 Å². The maximum Gasteiger partial charge on any atom is 0.122 e. The summed E-state index contributed by atoms with van der Waals surface area (Å²) in [6, 6.07) is 0.274. The zero-order chi connectivity index (χ0) is 12.3. The molecule has 0 aliphatic heterocycles. The van der Waals surface area contributed by atoms with E-state index in [-0.39, 0.29) is 6.04 Å². The van der Waals surface area contributed by atoms with Crippen LogP contribution in [0.3, 0.4) is 0 Å². The molecule has 5 heteroatoms. The highest BCUT2D eigenvalue weighted by molar-refractivity contribution is 7.11. The van der Waals surface area contributed by atoms with Crippen LogP contribution in [0.25, 0.3) is 0 Å². The summed E-state index contributed by atoms with van der Waals surface area (Å²) < 4.78 is 2.15. The van der Waals surface area contributed by atoms with Crippen LogP contribution in [-0.2, 0) is 13.1 Å². The van der Waals surface area contributed by atoms with Gasteiger partial charge in [-0.1, -0.05) is 0 Å². The van der Waals surface area contributed by atoms with Gasteiger partial charge in [0.25, 0.3) is 0 Å². The van der Waals surface area contributed by atoms with Crippen molar-refractivity contribution < 1.29 is 0 Å². The van der Waals surface area contributed by atoms with E-state index >= 15 is 0 Å². The topological polar surface area (TPSA) is 42.7 Å². The molecule has 17 heavy (non-hydrogen) atoms. The largest absolute Gasteiger partial charge is 0.334 e. The molecule has 1 atom stereocenters. The van der Waals surface area contributed by atoms with E-state index in [0.717, 1.165) is 23.9 Å². The van der Waals surface area contributed by atoms with Crippen molar-refractivity contribution in [1.82, 2.24) is 19.9 Å². The Labute approximate surface area is 106 Å². The molecule has 0 radical (unpaired) electrons. The summed E-state index contributed by atoms with van der Waals surface area (Å²) >= 11 is 1.74. The summed E-state index contributed by atoms with van der Waals surface area (Å²) in [6.45, 7) is 8.08. The Morgan fingerprint density at radius 3 is 2.94 bits per heavy atom. The lowest BCUT2D eigenvalue weighted by Gasteiger charge is -2.11. The molecule has 0 aliphatic carbocycles. The Morgan fingerprint density at radius 2 is 2.29 bits per heavy atom. The standard InChI is InChI=1S/C12H18N4S/c1-4-16-6-5-13-11(16)8-14-10(3)12-15-7-9(2)17-12/h5-7,10,14H,4,8H2,1-3H3. The lowest BCUT2D eigenvalue weighted by Crippen LogP contribution is -2.20. The first-order valence-electron chi connectivity index (χ1n) is 5.86. The molecule has 2 heterocycles.